The molecule has 0 radical (unpaired) electrons. The van der Waals surface area contributed by atoms with E-state index in [2.05, 4.69) is 4.98 Å². The number of carbonyl (C=O) groups excluding carboxylic acids is 1. The second-order valence-electron chi connectivity index (χ2n) is 4.12. The monoisotopic (exact) mass is 254 g/mol. The molecule has 17 heavy (non-hydrogen) atoms. The third-order valence-corrected chi connectivity index (χ3v) is 3.29. The zero-order valence-corrected chi connectivity index (χ0v) is 10.5. The van der Waals surface area contributed by atoms with Crippen LogP contribution in [-0.4, -0.2) is 31.2 Å². The number of pyridine rings is 1. The first-order valence-electron chi connectivity index (χ1n) is 5.65. The summed E-state index contributed by atoms with van der Waals surface area (Å²) >= 11 is 6.10. The Bertz CT molecular complexity index is 411. The molecule has 0 spiro atoms. The van der Waals surface area contributed by atoms with Gasteiger partial charge in [-0.2, -0.15) is 0 Å². The first-order valence-corrected chi connectivity index (χ1v) is 6.03. The van der Waals surface area contributed by atoms with E-state index >= 15 is 0 Å². The molecule has 92 valence electrons. The summed E-state index contributed by atoms with van der Waals surface area (Å²) in [5, 5.41) is 0.623. The SMILES string of the molecule is COC(=O)C1CCCN(c2ncccc2Cl)C1. The number of anilines is 1. The number of ether oxygens (including phenoxy) is 1. The summed E-state index contributed by atoms with van der Waals surface area (Å²) in [5.41, 5.74) is 0. The van der Waals surface area contributed by atoms with Crippen LogP contribution in [0.5, 0.6) is 0 Å². The molecule has 1 aliphatic rings. The maximum Gasteiger partial charge on any atom is 0.310 e. The van der Waals surface area contributed by atoms with Crippen LogP contribution >= 0.6 is 11.6 Å². The van der Waals surface area contributed by atoms with E-state index in [4.69, 9.17) is 16.3 Å². The predicted molar refractivity (Wildman–Crippen MR) is 66.2 cm³/mol. The minimum atomic E-state index is -0.151. The van der Waals surface area contributed by atoms with Crippen LogP contribution in [0.15, 0.2) is 18.3 Å². The van der Waals surface area contributed by atoms with Crippen LogP contribution in [0.3, 0.4) is 0 Å². The lowest BCUT2D eigenvalue weighted by Crippen LogP contribution is -2.39. The molecule has 0 aromatic carbocycles. The lowest BCUT2D eigenvalue weighted by Gasteiger charge is -2.32. The molecule has 2 rings (SSSR count). The highest BCUT2D eigenvalue weighted by Gasteiger charge is 2.27. The molecule has 0 N–H and O–H groups in total. The minimum Gasteiger partial charge on any atom is -0.469 e. The van der Waals surface area contributed by atoms with Crippen molar-refractivity contribution >= 4 is 23.4 Å². The highest BCUT2D eigenvalue weighted by molar-refractivity contribution is 6.32. The quantitative estimate of drug-likeness (QED) is 0.759. The number of piperidine rings is 1. The van der Waals surface area contributed by atoms with Crippen LogP contribution < -0.4 is 4.90 Å². The number of rotatable bonds is 2. The molecule has 4 nitrogen and oxygen atoms in total. The first kappa shape index (κ1) is 12.2. The molecule has 2 heterocycles. The van der Waals surface area contributed by atoms with E-state index in [0.29, 0.717) is 11.6 Å². The molecular formula is C12H15ClN2O2. The van der Waals surface area contributed by atoms with Crippen LogP contribution in [0.4, 0.5) is 5.82 Å². The van der Waals surface area contributed by atoms with Crippen LogP contribution in [-0.2, 0) is 9.53 Å². The van der Waals surface area contributed by atoms with Crippen LogP contribution in [0, 0.1) is 5.92 Å². The normalized spacial score (nSPS) is 20.1. The number of aromatic nitrogens is 1. The summed E-state index contributed by atoms with van der Waals surface area (Å²) < 4.78 is 4.79. The van der Waals surface area contributed by atoms with Crippen LogP contribution in [0.25, 0.3) is 0 Å². The Labute approximate surface area is 106 Å². The van der Waals surface area contributed by atoms with Gasteiger partial charge < -0.3 is 9.64 Å². The predicted octanol–water partition coefficient (Wildman–Crippen LogP) is 2.12. The molecule has 0 saturated carbocycles. The van der Waals surface area contributed by atoms with Gasteiger partial charge in [-0.1, -0.05) is 11.6 Å². The summed E-state index contributed by atoms with van der Waals surface area (Å²) in [6.45, 7) is 1.51. The highest BCUT2D eigenvalue weighted by Crippen LogP contribution is 2.27. The van der Waals surface area contributed by atoms with Crippen molar-refractivity contribution in [3.05, 3.63) is 23.4 Å². The third kappa shape index (κ3) is 2.69. The van der Waals surface area contributed by atoms with Gasteiger partial charge in [0.2, 0.25) is 0 Å². The Morgan fingerprint density at radius 1 is 1.65 bits per heavy atom. The van der Waals surface area contributed by atoms with E-state index < -0.39 is 0 Å². The van der Waals surface area contributed by atoms with Gasteiger partial charge >= 0.3 is 5.97 Å². The largest absolute Gasteiger partial charge is 0.469 e. The molecule has 1 atom stereocenters. The molecular weight excluding hydrogens is 240 g/mol. The van der Waals surface area contributed by atoms with Gasteiger partial charge in [0.05, 0.1) is 18.1 Å². The van der Waals surface area contributed by atoms with E-state index in [0.717, 1.165) is 25.2 Å². The second kappa shape index (κ2) is 5.36. The van der Waals surface area contributed by atoms with Crippen molar-refractivity contribution < 1.29 is 9.53 Å². The lowest BCUT2D eigenvalue weighted by molar-refractivity contribution is -0.145. The Balaban J connectivity index is 2.12. The first-order chi connectivity index (χ1) is 8.22. The maximum atomic E-state index is 11.5. The number of methoxy groups -OCH3 is 1. The van der Waals surface area contributed by atoms with Crippen molar-refractivity contribution in [2.75, 3.05) is 25.1 Å². The zero-order chi connectivity index (χ0) is 12.3. The molecule has 0 bridgehead atoms. The molecule has 1 aromatic rings. The number of esters is 1. The van der Waals surface area contributed by atoms with Crippen molar-refractivity contribution in [1.82, 2.24) is 4.98 Å². The molecule has 0 amide bonds. The number of nitrogens with zero attached hydrogens (tertiary/aromatic N) is 2. The van der Waals surface area contributed by atoms with Gasteiger partial charge in [0.15, 0.2) is 0 Å². The molecule has 5 heteroatoms. The number of carbonyl (C=O) groups is 1. The molecule has 1 aromatic heterocycles. The summed E-state index contributed by atoms with van der Waals surface area (Å²) in [6, 6.07) is 3.61. The van der Waals surface area contributed by atoms with E-state index in [-0.39, 0.29) is 11.9 Å². The Kier molecular flexibility index (Phi) is 3.84. The van der Waals surface area contributed by atoms with Crippen molar-refractivity contribution in [2.45, 2.75) is 12.8 Å². The second-order valence-corrected chi connectivity index (χ2v) is 4.52. The van der Waals surface area contributed by atoms with E-state index in [9.17, 15) is 4.79 Å². The van der Waals surface area contributed by atoms with E-state index in [1.165, 1.54) is 7.11 Å². The van der Waals surface area contributed by atoms with Gasteiger partial charge in [-0.05, 0) is 25.0 Å². The number of hydrogen-bond donors (Lipinski definition) is 0. The standard InChI is InChI=1S/C12H15ClN2O2/c1-17-12(16)9-4-3-7-15(8-9)11-10(13)5-2-6-14-11/h2,5-6,9H,3-4,7-8H2,1H3. The van der Waals surface area contributed by atoms with E-state index in [1.54, 1.807) is 12.3 Å². The van der Waals surface area contributed by atoms with Crippen molar-refractivity contribution in [3.8, 4) is 0 Å². The molecule has 0 aliphatic carbocycles. The summed E-state index contributed by atoms with van der Waals surface area (Å²) in [5.74, 6) is 0.524. The minimum absolute atomic E-state index is 0.0770. The fourth-order valence-electron chi connectivity index (χ4n) is 2.14. The highest BCUT2D eigenvalue weighted by atomic mass is 35.5. The Hall–Kier alpha value is -1.29. The molecule has 1 saturated heterocycles. The van der Waals surface area contributed by atoms with Crippen LogP contribution in [0.2, 0.25) is 5.02 Å². The number of hydrogen-bond acceptors (Lipinski definition) is 4. The van der Waals surface area contributed by atoms with E-state index in [1.807, 2.05) is 11.0 Å². The summed E-state index contributed by atoms with van der Waals surface area (Å²) in [4.78, 5) is 17.8. The Morgan fingerprint density at radius 3 is 3.18 bits per heavy atom. The van der Waals surface area contributed by atoms with Crippen molar-refractivity contribution in [2.24, 2.45) is 5.92 Å². The van der Waals surface area contributed by atoms with Crippen molar-refractivity contribution in [1.29, 1.82) is 0 Å². The summed E-state index contributed by atoms with van der Waals surface area (Å²) in [6.07, 6.45) is 3.53. The van der Waals surface area contributed by atoms with Gasteiger partial charge in [0, 0.05) is 19.3 Å². The number of halogens is 1. The zero-order valence-electron chi connectivity index (χ0n) is 9.73. The van der Waals surface area contributed by atoms with Crippen molar-refractivity contribution in [3.63, 3.8) is 0 Å². The Morgan fingerprint density at radius 2 is 2.47 bits per heavy atom. The molecule has 1 unspecified atom stereocenters. The maximum absolute atomic E-state index is 11.5. The summed E-state index contributed by atoms with van der Waals surface area (Å²) in [7, 11) is 1.43. The van der Waals surface area contributed by atoms with Crippen LogP contribution in [0.1, 0.15) is 12.8 Å². The molecule has 1 aliphatic heterocycles. The van der Waals surface area contributed by atoms with Gasteiger partial charge in [0.1, 0.15) is 5.82 Å². The topological polar surface area (TPSA) is 42.4 Å². The van der Waals surface area contributed by atoms with Gasteiger partial charge in [-0.25, -0.2) is 4.98 Å². The smallest absolute Gasteiger partial charge is 0.310 e. The molecule has 1 fully saturated rings. The van der Waals surface area contributed by atoms with Gasteiger partial charge in [-0.15, -0.1) is 0 Å². The van der Waals surface area contributed by atoms with Gasteiger partial charge in [-0.3, -0.25) is 4.79 Å². The fourth-order valence-corrected chi connectivity index (χ4v) is 2.38. The average Bonchev–Trinajstić information content (AvgIpc) is 2.38. The third-order valence-electron chi connectivity index (χ3n) is 2.99. The fraction of sp³-hybridized carbons (Fsp3) is 0.500. The van der Waals surface area contributed by atoms with Gasteiger partial charge in [0.25, 0.3) is 0 Å². The average molecular weight is 255 g/mol. The lowest BCUT2D eigenvalue weighted by atomic mass is 9.98.